The Hall–Kier alpha value is -0.730. The Morgan fingerprint density at radius 2 is 2.08 bits per heavy atom. The van der Waals surface area contributed by atoms with Crippen LogP contribution in [0.4, 0.5) is 4.79 Å². The van der Waals surface area contributed by atoms with E-state index in [0.29, 0.717) is 19.0 Å². The van der Waals surface area contributed by atoms with Gasteiger partial charge in [-0.25, -0.2) is 4.79 Å². The minimum atomic E-state index is -0.465. The molecule has 1 saturated heterocycles. The zero-order valence-corrected chi connectivity index (χ0v) is 18.4. The molecule has 0 spiro atoms. The highest BCUT2D eigenvalue weighted by Gasteiger charge is 2.20. The van der Waals surface area contributed by atoms with Crippen LogP contribution in [0.2, 0.25) is 0 Å². The summed E-state index contributed by atoms with van der Waals surface area (Å²) in [5, 5.41) is 3.36. The third-order valence-corrected chi connectivity index (χ3v) is 3.69. The maximum atomic E-state index is 11.9. The van der Waals surface area contributed by atoms with E-state index in [-0.39, 0.29) is 30.1 Å². The number of ether oxygens (including phenoxy) is 1. The third-order valence-electron chi connectivity index (χ3n) is 3.69. The molecule has 24 heavy (non-hydrogen) atoms. The lowest BCUT2D eigenvalue weighted by Gasteiger charge is -2.33. The van der Waals surface area contributed by atoms with Gasteiger partial charge < -0.3 is 19.9 Å². The summed E-state index contributed by atoms with van der Waals surface area (Å²) in [6.45, 7) is 14.1. The SMILES string of the molecule is CCNC(=NCCN(C)C(=O)OC(C)(C)C)N1CCCC(C)C1.I. The van der Waals surface area contributed by atoms with Gasteiger partial charge in [-0.15, -0.1) is 24.0 Å². The van der Waals surface area contributed by atoms with Crippen molar-refractivity contribution in [1.82, 2.24) is 15.1 Å². The number of nitrogens with one attached hydrogen (secondary N) is 1. The van der Waals surface area contributed by atoms with Crippen LogP contribution < -0.4 is 5.32 Å². The molecule has 6 nitrogen and oxygen atoms in total. The number of nitrogens with zero attached hydrogens (tertiary/aromatic N) is 3. The van der Waals surface area contributed by atoms with Crippen molar-refractivity contribution in [3.05, 3.63) is 0 Å². The number of hydrogen-bond acceptors (Lipinski definition) is 3. The molecule has 1 aliphatic rings. The van der Waals surface area contributed by atoms with Crippen molar-refractivity contribution in [2.45, 2.75) is 53.1 Å². The van der Waals surface area contributed by atoms with Gasteiger partial charge in [-0.1, -0.05) is 6.92 Å². The van der Waals surface area contributed by atoms with Crippen molar-refractivity contribution in [3.8, 4) is 0 Å². The van der Waals surface area contributed by atoms with Gasteiger partial charge in [-0.3, -0.25) is 4.99 Å². The zero-order valence-electron chi connectivity index (χ0n) is 16.1. The molecule has 0 bridgehead atoms. The molecule has 1 heterocycles. The Morgan fingerprint density at radius 3 is 2.62 bits per heavy atom. The van der Waals surface area contributed by atoms with Crippen molar-refractivity contribution in [3.63, 3.8) is 0 Å². The molecule has 1 unspecified atom stereocenters. The lowest BCUT2D eigenvalue weighted by molar-refractivity contribution is 0.0304. The fourth-order valence-corrected chi connectivity index (χ4v) is 2.54. The number of carbonyl (C=O) groups excluding carboxylic acids is 1. The molecule has 1 rings (SSSR count). The van der Waals surface area contributed by atoms with Crippen LogP contribution >= 0.6 is 24.0 Å². The lowest BCUT2D eigenvalue weighted by atomic mass is 10.0. The fourth-order valence-electron chi connectivity index (χ4n) is 2.54. The van der Waals surface area contributed by atoms with Crippen LogP contribution in [-0.4, -0.2) is 67.2 Å². The fraction of sp³-hybridized carbons (Fsp3) is 0.882. The minimum Gasteiger partial charge on any atom is -0.444 e. The Morgan fingerprint density at radius 1 is 1.42 bits per heavy atom. The van der Waals surface area contributed by atoms with Crippen molar-refractivity contribution in [2.24, 2.45) is 10.9 Å². The molecule has 0 radical (unpaired) electrons. The number of carbonyl (C=O) groups is 1. The van der Waals surface area contributed by atoms with Crippen molar-refractivity contribution in [1.29, 1.82) is 0 Å². The highest BCUT2D eigenvalue weighted by Crippen LogP contribution is 2.15. The summed E-state index contributed by atoms with van der Waals surface area (Å²) in [6, 6.07) is 0. The van der Waals surface area contributed by atoms with Gasteiger partial charge in [-0.2, -0.15) is 0 Å². The van der Waals surface area contributed by atoms with Gasteiger partial charge in [0.1, 0.15) is 5.60 Å². The number of hydrogen-bond donors (Lipinski definition) is 1. The Balaban J connectivity index is 0.00000529. The van der Waals surface area contributed by atoms with E-state index >= 15 is 0 Å². The van der Waals surface area contributed by atoms with Crippen molar-refractivity contribution < 1.29 is 9.53 Å². The summed E-state index contributed by atoms with van der Waals surface area (Å²) in [5.74, 6) is 1.66. The van der Waals surface area contributed by atoms with Gasteiger partial charge >= 0.3 is 6.09 Å². The largest absolute Gasteiger partial charge is 0.444 e. The first-order valence-electron chi connectivity index (χ1n) is 8.70. The monoisotopic (exact) mass is 454 g/mol. The van der Waals surface area contributed by atoms with E-state index in [1.54, 1.807) is 11.9 Å². The number of likely N-dealkylation sites (N-methyl/N-ethyl adjacent to an activating group) is 1. The van der Waals surface area contributed by atoms with Gasteiger partial charge in [0.05, 0.1) is 6.54 Å². The first-order chi connectivity index (χ1) is 10.7. The molecule has 0 aromatic carbocycles. The lowest BCUT2D eigenvalue weighted by Crippen LogP contribution is -2.46. The zero-order chi connectivity index (χ0) is 17.5. The minimum absolute atomic E-state index is 0. The van der Waals surface area contributed by atoms with Gasteiger partial charge in [-0.05, 0) is 46.5 Å². The first kappa shape index (κ1) is 23.3. The summed E-state index contributed by atoms with van der Waals surface area (Å²) < 4.78 is 5.35. The maximum absolute atomic E-state index is 11.9. The average molecular weight is 454 g/mol. The molecule has 0 aromatic rings. The van der Waals surface area contributed by atoms with E-state index in [9.17, 15) is 4.79 Å². The molecule has 1 atom stereocenters. The van der Waals surface area contributed by atoms with E-state index < -0.39 is 5.60 Å². The predicted molar refractivity (Wildman–Crippen MR) is 110 cm³/mol. The molecule has 1 aliphatic heterocycles. The molecule has 0 saturated carbocycles. The maximum Gasteiger partial charge on any atom is 0.410 e. The molecule has 1 amide bonds. The van der Waals surface area contributed by atoms with Crippen LogP contribution in [-0.2, 0) is 4.74 Å². The number of piperidine rings is 1. The van der Waals surface area contributed by atoms with E-state index in [1.807, 2.05) is 20.8 Å². The van der Waals surface area contributed by atoms with Crippen LogP contribution in [0, 0.1) is 5.92 Å². The Bertz CT molecular complexity index is 410. The summed E-state index contributed by atoms with van der Waals surface area (Å²) in [7, 11) is 1.75. The molecule has 1 fully saturated rings. The molecule has 1 N–H and O–H groups in total. The van der Waals surface area contributed by atoms with Gasteiger partial charge in [0, 0.05) is 33.2 Å². The molecular formula is C17H35IN4O2. The van der Waals surface area contributed by atoms with E-state index in [4.69, 9.17) is 4.74 Å². The topological polar surface area (TPSA) is 57.2 Å². The summed E-state index contributed by atoms with van der Waals surface area (Å²) >= 11 is 0. The van der Waals surface area contributed by atoms with Crippen LogP contribution in [0.1, 0.15) is 47.5 Å². The van der Waals surface area contributed by atoms with Crippen LogP contribution in [0.25, 0.3) is 0 Å². The predicted octanol–water partition coefficient (Wildman–Crippen LogP) is 3.17. The second kappa shape index (κ2) is 11.0. The average Bonchev–Trinajstić information content (AvgIpc) is 2.44. The van der Waals surface area contributed by atoms with Crippen LogP contribution in [0.15, 0.2) is 4.99 Å². The standard InChI is InChI=1S/C17H34N4O2.HI/c1-7-18-15(21-11-8-9-14(2)13-21)19-10-12-20(6)16(22)23-17(3,4)5;/h14H,7-13H2,1-6H3,(H,18,19);1H. The number of amides is 1. The molecule has 142 valence electrons. The second-order valence-electron chi connectivity index (χ2n) is 7.33. The van der Waals surface area contributed by atoms with E-state index in [0.717, 1.165) is 25.6 Å². The highest BCUT2D eigenvalue weighted by molar-refractivity contribution is 14.0. The van der Waals surface area contributed by atoms with Crippen LogP contribution in [0.3, 0.4) is 0 Å². The van der Waals surface area contributed by atoms with Crippen LogP contribution in [0.5, 0.6) is 0 Å². The number of aliphatic imine (C=N–C) groups is 1. The van der Waals surface area contributed by atoms with E-state index in [1.165, 1.54) is 12.8 Å². The smallest absolute Gasteiger partial charge is 0.410 e. The van der Waals surface area contributed by atoms with Gasteiger partial charge in [0.2, 0.25) is 0 Å². The summed E-state index contributed by atoms with van der Waals surface area (Å²) in [4.78, 5) is 20.5. The van der Waals surface area contributed by atoms with Gasteiger partial charge in [0.25, 0.3) is 0 Å². The van der Waals surface area contributed by atoms with Crippen molar-refractivity contribution >= 4 is 36.0 Å². The third kappa shape index (κ3) is 8.94. The quantitative estimate of drug-likeness (QED) is 0.403. The second-order valence-corrected chi connectivity index (χ2v) is 7.33. The Labute approximate surface area is 164 Å². The molecular weight excluding hydrogens is 419 g/mol. The highest BCUT2D eigenvalue weighted by atomic mass is 127. The summed E-state index contributed by atoms with van der Waals surface area (Å²) in [6.07, 6.45) is 2.20. The molecule has 0 aromatic heterocycles. The normalized spacial score (nSPS) is 18.7. The van der Waals surface area contributed by atoms with E-state index in [2.05, 4.69) is 29.1 Å². The summed E-state index contributed by atoms with van der Waals surface area (Å²) in [5.41, 5.74) is -0.465. The van der Waals surface area contributed by atoms with Crippen molar-refractivity contribution in [2.75, 3.05) is 39.8 Å². The van der Waals surface area contributed by atoms with Gasteiger partial charge in [0.15, 0.2) is 5.96 Å². The number of rotatable bonds is 4. The first-order valence-corrected chi connectivity index (χ1v) is 8.70. The molecule has 0 aliphatic carbocycles. The Kier molecular flexibility index (Phi) is 10.7. The molecule has 7 heteroatoms. The number of halogens is 1. The number of likely N-dealkylation sites (tertiary alicyclic amines) is 1. The number of guanidine groups is 1.